The van der Waals surface area contributed by atoms with Gasteiger partial charge in [-0.25, -0.2) is 14.4 Å². The Morgan fingerprint density at radius 3 is 2.60 bits per heavy atom. The number of piperidine rings is 2. The van der Waals surface area contributed by atoms with E-state index in [1.54, 1.807) is 29.4 Å². The zero-order valence-electron chi connectivity index (χ0n) is 23.7. The number of benzene rings is 2. The van der Waals surface area contributed by atoms with E-state index in [4.69, 9.17) is 11.1 Å². The van der Waals surface area contributed by atoms with Crippen LogP contribution in [0.1, 0.15) is 54.2 Å². The van der Waals surface area contributed by atoms with Crippen LogP contribution in [0.5, 0.6) is 5.75 Å². The number of aryl methyl sites for hydroxylation is 1. The van der Waals surface area contributed by atoms with Crippen molar-refractivity contribution in [3.05, 3.63) is 65.4 Å². The first kappa shape index (κ1) is 28.0. The number of nitrogen functional groups attached to an aromatic ring is 1. The highest BCUT2D eigenvalue weighted by atomic mass is 19.1. The normalized spacial score (nSPS) is 22.2. The van der Waals surface area contributed by atoms with Crippen LogP contribution in [-0.4, -0.2) is 76.0 Å². The summed E-state index contributed by atoms with van der Waals surface area (Å²) in [6.45, 7) is 4.97. The number of aromatic nitrogens is 2. The SMILES string of the molecule is CCc1cc(O)c(F)cc1-c1ccc(C(=N)C2NC3CCN(C(=O)c4cnc(N5CCCCC5)cn4)CC3N2)c(N)c1. The molecule has 4 heterocycles. The van der Waals surface area contributed by atoms with Crippen LogP contribution in [0.15, 0.2) is 42.7 Å². The molecule has 3 saturated heterocycles. The summed E-state index contributed by atoms with van der Waals surface area (Å²) >= 11 is 0. The van der Waals surface area contributed by atoms with E-state index in [0.29, 0.717) is 47.7 Å². The first-order valence-corrected chi connectivity index (χ1v) is 14.7. The summed E-state index contributed by atoms with van der Waals surface area (Å²) < 4.78 is 14.1. The second-order valence-corrected chi connectivity index (χ2v) is 11.4. The molecule has 0 aliphatic carbocycles. The summed E-state index contributed by atoms with van der Waals surface area (Å²) in [5.41, 5.74) is 10.2. The van der Waals surface area contributed by atoms with Gasteiger partial charge in [0.15, 0.2) is 11.6 Å². The number of halogens is 1. The van der Waals surface area contributed by atoms with Crippen molar-refractivity contribution in [3.8, 4) is 16.9 Å². The lowest BCUT2D eigenvalue weighted by Gasteiger charge is -2.34. The molecular formula is C31H37FN8O2. The number of hydrogen-bond acceptors (Lipinski definition) is 9. The largest absolute Gasteiger partial charge is 0.505 e. The van der Waals surface area contributed by atoms with E-state index in [1.807, 2.05) is 13.0 Å². The summed E-state index contributed by atoms with van der Waals surface area (Å²) in [4.78, 5) is 26.2. The van der Waals surface area contributed by atoms with Gasteiger partial charge >= 0.3 is 0 Å². The van der Waals surface area contributed by atoms with Crippen LogP contribution in [0.4, 0.5) is 15.9 Å². The maximum atomic E-state index is 14.1. The Hall–Kier alpha value is -4.09. The van der Waals surface area contributed by atoms with Crippen molar-refractivity contribution in [2.75, 3.05) is 36.8 Å². The van der Waals surface area contributed by atoms with Gasteiger partial charge in [-0.15, -0.1) is 0 Å². The number of carbonyl (C=O) groups excluding carboxylic acids is 1. The van der Waals surface area contributed by atoms with Gasteiger partial charge in [-0.3, -0.25) is 15.4 Å². The fourth-order valence-corrected chi connectivity index (χ4v) is 6.33. The lowest BCUT2D eigenvalue weighted by atomic mass is 9.94. The monoisotopic (exact) mass is 572 g/mol. The van der Waals surface area contributed by atoms with E-state index in [1.165, 1.54) is 18.6 Å². The predicted octanol–water partition coefficient (Wildman–Crippen LogP) is 3.29. The molecule has 220 valence electrons. The van der Waals surface area contributed by atoms with Crippen molar-refractivity contribution in [2.24, 2.45) is 0 Å². The van der Waals surface area contributed by atoms with Gasteiger partial charge in [0, 0.05) is 49.5 Å². The van der Waals surface area contributed by atoms with Gasteiger partial charge in [-0.05, 0) is 67.0 Å². The number of hydrogen-bond donors (Lipinski definition) is 5. The molecule has 0 radical (unpaired) electrons. The Morgan fingerprint density at radius 2 is 1.88 bits per heavy atom. The lowest BCUT2D eigenvalue weighted by molar-refractivity contribution is 0.0686. The van der Waals surface area contributed by atoms with Crippen LogP contribution < -0.4 is 21.3 Å². The van der Waals surface area contributed by atoms with Crippen molar-refractivity contribution in [1.82, 2.24) is 25.5 Å². The topological polar surface area (TPSA) is 143 Å². The third-order valence-corrected chi connectivity index (χ3v) is 8.69. The molecule has 2 aromatic carbocycles. The van der Waals surface area contributed by atoms with Crippen LogP contribution in [0.25, 0.3) is 11.1 Å². The molecule has 1 aromatic heterocycles. The zero-order chi connectivity index (χ0) is 29.4. The molecule has 3 fully saturated rings. The molecule has 3 unspecified atom stereocenters. The van der Waals surface area contributed by atoms with Gasteiger partial charge in [-0.1, -0.05) is 19.1 Å². The van der Waals surface area contributed by atoms with E-state index in [-0.39, 0.29) is 23.7 Å². The van der Waals surface area contributed by atoms with Gasteiger partial charge in [-0.2, -0.15) is 0 Å². The van der Waals surface area contributed by atoms with Crippen molar-refractivity contribution in [1.29, 1.82) is 5.41 Å². The first-order valence-electron chi connectivity index (χ1n) is 14.7. The van der Waals surface area contributed by atoms with Gasteiger partial charge in [0.2, 0.25) is 0 Å². The van der Waals surface area contributed by atoms with Crippen LogP contribution in [-0.2, 0) is 6.42 Å². The van der Waals surface area contributed by atoms with Crippen molar-refractivity contribution in [3.63, 3.8) is 0 Å². The number of likely N-dealkylation sites (tertiary alicyclic amines) is 1. The van der Waals surface area contributed by atoms with E-state index >= 15 is 0 Å². The summed E-state index contributed by atoms with van der Waals surface area (Å²) in [5, 5.41) is 25.7. The van der Waals surface area contributed by atoms with Crippen LogP contribution in [0.3, 0.4) is 0 Å². The highest BCUT2D eigenvalue weighted by Crippen LogP contribution is 2.32. The minimum atomic E-state index is -0.686. The van der Waals surface area contributed by atoms with Gasteiger partial charge in [0.1, 0.15) is 17.7 Å². The second-order valence-electron chi connectivity index (χ2n) is 11.4. The van der Waals surface area contributed by atoms with Gasteiger partial charge in [0.25, 0.3) is 5.91 Å². The molecule has 0 bridgehead atoms. The molecular weight excluding hydrogens is 535 g/mol. The van der Waals surface area contributed by atoms with E-state index < -0.39 is 12.0 Å². The third-order valence-electron chi connectivity index (χ3n) is 8.69. The van der Waals surface area contributed by atoms with Crippen LogP contribution in [0, 0.1) is 11.2 Å². The molecule has 3 aliphatic heterocycles. The number of nitrogens with zero attached hydrogens (tertiary/aromatic N) is 4. The smallest absolute Gasteiger partial charge is 0.274 e. The minimum Gasteiger partial charge on any atom is -0.505 e. The molecule has 6 rings (SSSR count). The highest BCUT2D eigenvalue weighted by molar-refractivity contribution is 6.06. The average Bonchev–Trinajstić information content (AvgIpc) is 3.45. The Morgan fingerprint density at radius 1 is 1.10 bits per heavy atom. The molecule has 10 nitrogen and oxygen atoms in total. The summed E-state index contributed by atoms with van der Waals surface area (Å²) in [7, 11) is 0. The number of fused-ring (bicyclic) bond motifs is 1. The lowest BCUT2D eigenvalue weighted by Crippen LogP contribution is -2.52. The molecule has 3 aromatic rings. The Balaban J connectivity index is 1.11. The van der Waals surface area contributed by atoms with E-state index in [9.17, 15) is 14.3 Å². The standard InChI is InChI=1S/C31H37FN8O2/c1-2-18-13-27(41)22(32)14-21(18)19-6-7-20(23(33)12-19)29(34)30-37-24-8-11-40(17-26(24)38-30)31(42)25-15-36-28(16-35-25)39-9-4-3-5-10-39/h6-7,12-16,24,26,30,34,37-38,41H,2-5,8-11,17,33H2,1H3. The number of carbonyl (C=O) groups is 1. The van der Waals surface area contributed by atoms with Gasteiger partial charge < -0.3 is 26.0 Å². The number of anilines is 2. The summed E-state index contributed by atoms with van der Waals surface area (Å²) in [5.74, 6) is -0.376. The molecule has 42 heavy (non-hydrogen) atoms. The number of phenolic OH excluding ortho intramolecular Hbond substituents is 1. The minimum absolute atomic E-state index is 0.0267. The van der Waals surface area contributed by atoms with Crippen LogP contribution >= 0.6 is 0 Å². The van der Waals surface area contributed by atoms with Crippen molar-refractivity contribution < 1.29 is 14.3 Å². The molecule has 0 spiro atoms. The number of amides is 1. The number of nitrogens with two attached hydrogens (primary N) is 1. The molecule has 3 atom stereocenters. The quantitative estimate of drug-likeness (QED) is 0.224. The fraction of sp³-hybridized carbons (Fsp3) is 0.419. The van der Waals surface area contributed by atoms with Crippen molar-refractivity contribution >= 4 is 23.1 Å². The zero-order valence-corrected chi connectivity index (χ0v) is 23.7. The van der Waals surface area contributed by atoms with Gasteiger partial charge in [0.05, 0.1) is 18.1 Å². The predicted molar refractivity (Wildman–Crippen MR) is 160 cm³/mol. The van der Waals surface area contributed by atoms with E-state index in [0.717, 1.165) is 49.3 Å². The van der Waals surface area contributed by atoms with Crippen molar-refractivity contribution in [2.45, 2.75) is 57.3 Å². The Kier molecular flexibility index (Phi) is 7.78. The number of rotatable bonds is 6. The Labute approximate surface area is 244 Å². The molecule has 6 N–H and O–H groups in total. The maximum Gasteiger partial charge on any atom is 0.274 e. The third kappa shape index (κ3) is 5.41. The molecule has 11 heteroatoms. The summed E-state index contributed by atoms with van der Waals surface area (Å²) in [6, 6.07) is 8.20. The Bertz CT molecular complexity index is 1490. The van der Waals surface area contributed by atoms with Crippen LogP contribution in [0.2, 0.25) is 0 Å². The summed E-state index contributed by atoms with van der Waals surface area (Å²) in [6.07, 6.45) is 7.76. The number of aromatic hydroxyl groups is 1. The maximum absolute atomic E-state index is 14.1. The highest BCUT2D eigenvalue weighted by Gasteiger charge is 2.40. The average molecular weight is 573 g/mol. The molecule has 0 saturated carbocycles. The number of nitrogens with one attached hydrogen (secondary N) is 3. The first-order chi connectivity index (χ1) is 20.3. The number of phenols is 1. The fourth-order valence-electron chi connectivity index (χ4n) is 6.33. The van der Waals surface area contributed by atoms with E-state index in [2.05, 4.69) is 25.5 Å². The second kappa shape index (κ2) is 11.7. The molecule has 1 amide bonds. The molecule has 3 aliphatic rings.